The number of nitrogens with one attached hydrogen (secondary N) is 1. The predicted molar refractivity (Wildman–Crippen MR) is 56.6 cm³/mol. The Morgan fingerprint density at radius 3 is 2.20 bits per heavy atom. The summed E-state index contributed by atoms with van der Waals surface area (Å²) in [5.41, 5.74) is 5.20. The first-order valence-electron chi connectivity index (χ1n) is 5.03. The van der Waals surface area contributed by atoms with Crippen molar-refractivity contribution < 1.29 is 8.78 Å². The summed E-state index contributed by atoms with van der Waals surface area (Å²) in [5.74, 6) is -1.25. The summed E-state index contributed by atoms with van der Waals surface area (Å²) in [6, 6.07) is 2.26. The summed E-state index contributed by atoms with van der Waals surface area (Å²) in [7, 11) is 0. The first-order valence-corrected chi connectivity index (χ1v) is 5.03. The minimum absolute atomic E-state index is 0.0635. The number of hydrogen-bond acceptors (Lipinski definition) is 2. The average Bonchev–Trinajstić information content (AvgIpc) is 2.08. The van der Waals surface area contributed by atoms with Crippen LogP contribution in [0.4, 0.5) is 20.2 Å². The molecule has 1 aliphatic carbocycles. The second-order valence-corrected chi connectivity index (χ2v) is 4.40. The Balaban J connectivity index is 2.28. The molecule has 0 bridgehead atoms. The lowest BCUT2D eigenvalue weighted by atomic mass is 9.78. The van der Waals surface area contributed by atoms with Gasteiger partial charge < -0.3 is 11.1 Å². The smallest absolute Gasteiger partial charge is 0.151 e. The third-order valence-electron chi connectivity index (χ3n) is 2.95. The van der Waals surface area contributed by atoms with Gasteiger partial charge in [0, 0.05) is 11.2 Å². The van der Waals surface area contributed by atoms with Gasteiger partial charge in [0.25, 0.3) is 0 Å². The van der Waals surface area contributed by atoms with Crippen LogP contribution in [0.5, 0.6) is 0 Å². The molecule has 0 saturated heterocycles. The Labute approximate surface area is 87.5 Å². The zero-order valence-electron chi connectivity index (χ0n) is 8.61. The van der Waals surface area contributed by atoms with E-state index < -0.39 is 11.6 Å². The summed E-state index contributed by atoms with van der Waals surface area (Å²) in [4.78, 5) is 0. The fourth-order valence-corrected chi connectivity index (χ4v) is 1.85. The van der Waals surface area contributed by atoms with Crippen molar-refractivity contribution in [2.24, 2.45) is 0 Å². The molecule has 0 unspecified atom stereocenters. The molecule has 1 fully saturated rings. The van der Waals surface area contributed by atoms with Crippen LogP contribution >= 0.6 is 0 Å². The monoisotopic (exact) mass is 212 g/mol. The molecule has 0 heterocycles. The Kier molecular flexibility index (Phi) is 2.29. The van der Waals surface area contributed by atoms with Crippen molar-refractivity contribution in [1.29, 1.82) is 0 Å². The van der Waals surface area contributed by atoms with Crippen LogP contribution < -0.4 is 11.1 Å². The van der Waals surface area contributed by atoms with E-state index in [1.807, 2.05) is 6.92 Å². The molecule has 3 N–H and O–H groups in total. The van der Waals surface area contributed by atoms with Gasteiger partial charge in [-0.25, -0.2) is 8.78 Å². The number of hydrogen-bond donors (Lipinski definition) is 2. The maximum absolute atomic E-state index is 13.4. The SMILES string of the molecule is CC1(Nc2c(F)cc(N)cc2F)CCC1. The molecule has 1 aromatic rings. The van der Waals surface area contributed by atoms with Crippen LogP contribution in [0.2, 0.25) is 0 Å². The van der Waals surface area contributed by atoms with Gasteiger partial charge in [-0.05, 0) is 38.3 Å². The van der Waals surface area contributed by atoms with Gasteiger partial charge >= 0.3 is 0 Å². The average molecular weight is 212 g/mol. The minimum atomic E-state index is -0.624. The molecule has 82 valence electrons. The molecule has 2 nitrogen and oxygen atoms in total. The van der Waals surface area contributed by atoms with Crippen molar-refractivity contribution in [3.8, 4) is 0 Å². The van der Waals surface area contributed by atoms with E-state index in [0.29, 0.717) is 0 Å². The lowest BCUT2D eigenvalue weighted by Crippen LogP contribution is -2.42. The highest BCUT2D eigenvalue weighted by atomic mass is 19.1. The fraction of sp³-hybridized carbons (Fsp3) is 0.455. The van der Waals surface area contributed by atoms with E-state index in [4.69, 9.17) is 5.73 Å². The van der Waals surface area contributed by atoms with Crippen LogP contribution in [0, 0.1) is 11.6 Å². The Hall–Kier alpha value is -1.32. The molecule has 0 amide bonds. The highest BCUT2D eigenvalue weighted by molar-refractivity contribution is 5.55. The maximum atomic E-state index is 13.4. The van der Waals surface area contributed by atoms with Crippen molar-refractivity contribution in [2.75, 3.05) is 11.1 Å². The molecule has 0 aliphatic heterocycles. The van der Waals surface area contributed by atoms with Crippen LogP contribution in [0.15, 0.2) is 12.1 Å². The van der Waals surface area contributed by atoms with Crippen molar-refractivity contribution in [2.45, 2.75) is 31.7 Å². The topological polar surface area (TPSA) is 38.0 Å². The van der Waals surface area contributed by atoms with Crippen molar-refractivity contribution in [3.05, 3.63) is 23.8 Å². The van der Waals surface area contributed by atoms with Gasteiger partial charge in [0.15, 0.2) is 11.6 Å². The van der Waals surface area contributed by atoms with Gasteiger partial charge in [-0.2, -0.15) is 0 Å². The van der Waals surface area contributed by atoms with Gasteiger partial charge in [-0.15, -0.1) is 0 Å². The van der Waals surface area contributed by atoms with Crippen LogP contribution in [0.1, 0.15) is 26.2 Å². The molecular weight excluding hydrogens is 198 g/mol. The maximum Gasteiger partial charge on any atom is 0.151 e. The zero-order chi connectivity index (χ0) is 11.1. The van der Waals surface area contributed by atoms with E-state index in [2.05, 4.69) is 5.32 Å². The van der Waals surface area contributed by atoms with E-state index in [0.717, 1.165) is 31.4 Å². The van der Waals surface area contributed by atoms with E-state index in [1.165, 1.54) is 0 Å². The van der Waals surface area contributed by atoms with Crippen molar-refractivity contribution in [3.63, 3.8) is 0 Å². The van der Waals surface area contributed by atoms with Gasteiger partial charge in [-0.1, -0.05) is 0 Å². The van der Waals surface area contributed by atoms with Gasteiger partial charge in [0.1, 0.15) is 5.69 Å². The molecule has 0 aromatic heterocycles. The fourth-order valence-electron chi connectivity index (χ4n) is 1.85. The Bertz CT molecular complexity index is 363. The largest absolute Gasteiger partial charge is 0.399 e. The number of halogens is 2. The first-order chi connectivity index (χ1) is 7.00. The molecule has 2 rings (SSSR count). The summed E-state index contributed by atoms with van der Waals surface area (Å²) in [6.07, 6.45) is 2.98. The number of rotatable bonds is 2. The second kappa shape index (κ2) is 3.36. The zero-order valence-corrected chi connectivity index (χ0v) is 8.61. The predicted octanol–water partition coefficient (Wildman–Crippen LogP) is 2.90. The number of nitrogen functional groups attached to an aromatic ring is 1. The number of nitrogens with two attached hydrogens (primary N) is 1. The highest BCUT2D eigenvalue weighted by Crippen LogP contribution is 2.36. The number of benzene rings is 1. The molecule has 0 radical (unpaired) electrons. The van der Waals surface area contributed by atoms with E-state index in [1.54, 1.807) is 0 Å². The quantitative estimate of drug-likeness (QED) is 0.740. The number of anilines is 2. The van der Waals surface area contributed by atoms with E-state index in [9.17, 15) is 8.78 Å². The van der Waals surface area contributed by atoms with Gasteiger partial charge in [-0.3, -0.25) is 0 Å². The third-order valence-corrected chi connectivity index (χ3v) is 2.95. The Morgan fingerprint density at radius 1 is 1.27 bits per heavy atom. The molecule has 0 atom stereocenters. The molecule has 4 heteroatoms. The van der Waals surface area contributed by atoms with E-state index >= 15 is 0 Å². The van der Waals surface area contributed by atoms with Crippen LogP contribution in [-0.2, 0) is 0 Å². The molecule has 1 aliphatic rings. The van der Waals surface area contributed by atoms with Gasteiger partial charge in [0.05, 0.1) is 0 Å². The molecular formula is C11H14F2N2. The van der Waals surface area contributed by atoms with Crippen LogP contribution in [-0.4, -0.2) is 5.54 Å². The first kappa shape index (κ1) is 10.2. The lowest BCUT2D eigenvalue weighted by Gasteiger charge is -2.40. The minimum Gasteiger partial charge on any atom is -0.399 e. The summed E-state index contributed by atoms with van der Waals surface area (Å²) < 4.78 is 26.8. The summed E-state index contributed by atoms with van der Waals surface area (Å²) in [6.45, 7) is 1.96. The second-order valence-electron chi connectivity index (χ2n) is 4.40. The van der Waals surface area contributed by atoms with E-state index in [-0.39, 0.29) is 16.9 Å². The normalized spacial score (nSPS) is 18.3. The van der Waals surface area contributed by atoms with Crippen LogP contribution in [0.3, 0.4) is 0 Å². The molecule has 0 spiro atoms. The third kappa shape index (κ3) is 1.89. The van der Waals surface area contributed by atoms with Crippen LogP contribution in [0.25, 0.3) is 0 Å². The molecule has 15 heavy (non-hydrogen) atoms. The van der Waals surface area contributed by atoms with Crippen molar-refractivity contribution in [1.82, 2.24) is 0 Å². The standard InChI is InChI=1S/C11H14F2N2/c1-11(3-2-4-11)15-10-8(12)5-7(14)6-9(10)13/h5-6,15H,2-4,14H2,1H3. The lowest BCUT2D eigenvalue weighted by molar-refractivity contribution is 0.304. The highest BCUT2D eigenvalue weighted by Gasteiger charge is 2.33. The molecule has 1 saturated carbocycles. The summed E-state index contributed by atoms with van der Waals surface area (Å²) in [5, 5.41) is 2.91. The summed E-state index contributed by atoms with van der Waals surface area (Å²) >= 11 is 0. The van der Waals surface area contributed by atoms with Crippen molar-refractivity contribution >= 4 is 11.4 Å². The van der Waals surface area contributed by atoms with Gasteiger partial charge in [0.2, 0.25) is 0 Å². The molecule has 1 aromatic carbocycles. The Morgan fingerprint density at radius 2 is 1.80 bits per heavy atom.